The smallest absolute Gasteiger partial charge is 0.763 e. The van der Waals surface area contributed by atoms with E-state index in [9.17, 15) is 9.59 Å². The average molecular weight is 308 g/mol. The normalized spacial score (nSPS) is 7.31. The van der Waals surface area contributed by atoms with E-state index in [1.807, 2.05) is 0 Å². The van der Waals surface area contributed by atoms with Crippen molar-refractivity contribution in [1.82, 2.24) is 5.32 Å². The summed E-state index contributed by atoms with van der Waals surface area (Å²) in [6, 6.07) is 0. The van der Waals surface area contributed by atoms with Crippen molar-refractivity contribution < 1.29 is 117 Å². The van der Waals surface area contributed by atoms with Gasteiger partial charge in [0.25, 0.3) is 5.91 Å². The van der Waals surface area contributed by atoms with Gasteiger partial charge in [0.15, 0.2) is 0 Å². The van der Waals surface area contributed by atoms with Crippen molar-refractivity contribution in [1.29, 1.82) is 0 Å². The van der Waals surface area contributed by atoms with Crippen LogP contribution in [0.15, 0.2) is 5.57 Å². The molecule has 2 amide bonds. The molecule has 16 heavy (non-hydrogen) atoms. The van der Waals surface area contributed by atoms with Gasteiger partial charge in [-0.3, -0.25) is 16.0 Å². The SMILES string of the molecule is CCOC(=O)NC(=O)C(=C=[N-])C(=S)[S-].[K+].[K+]. The summed E-state index contributed by atoms with van der Waals surface area (Å²) in [5.74, 6) is 0.561. The number of hydrogen-bond acceptors (Lipinski definition) is 5. The first-order valence-electron chi connectivity index (χ1n) is 3.49. The van der Waals surface area contributed by atoms with Crippen molar-refractivity contribution in [2.24, 2.45) is 0 Å². The average Bonchev–Trinajstić information content (AvgIpc) is 2.04. The van der Waals surface area contributed by atoms with Crippen LogP contribution in [0.1, 0.15) is 6.92 Å². The van der Waals surface area contributed by atoms with E-state index in [2.05, 4.69) is 29.6 Å². The molecular formula is C7H6K2N2O3S2. The van der Waals surface area contributed by atoms with Gasteiger partial charge in [-0.25, -0.2) is 4.79 Å². The minimum absolute atomic E-state index is 0. The van der Waals surface area contributed by atoms with Gasteiger partial charge in [0.1, 0.15) is 0 Å². The molecular weight excluding hydrogens is 302 g/mol. The van der Waals surface area contributed by atoms with Crippen LogP contribution in [0.2, 0.25) is 0 Å². The second-order valence-corrected chi connectivity index (χ2v) is 3.02. The van der Waals surface area contributed by atoms with Crippen LogP contribution in [0.3, 0.4) is 0 Å². The quantitative estimate of drug-likeness (QED) is 0.185. The molecule has 0 saturated heterocycles. The standard InChI is InChI=1S/C7H7N2O3S2.2K/c1-2-12-7(11)9-5(10)4(3-8)6(13)14;;/h2H2,1H3,(H,13,14)(H,9,10,11);;/q-1;2*+1/p-1. The van der Waals surface area contributed by atoms with Crippen molar-refractivity contribution in [2.75, 3.05) is 6.61 Å². The molecule has 0 bridgehead atoms. The van der Waals surface area contributed by atoms with E-state index in [4.69, 9.17) is 5.41 Å². The summed E-state index contributed by atoms with van der Waals surface area (Å²) in [4.78, 5) is 21.8. The zero-order valence-corrected chi connectivity index (χ0v) is 17.1. The third-order valence-corrected chi connectivity index (χ3v) is 1.44. The van der Waals surface area contributed by atoms with Gasteiger partial charge < -0.3 is 35.0 Å². The Morgan fingerprint density at radius 2 is 2.00 bits per heavy atom. The number of hydrogen-bond donors (Lipinski definition) is 1. The summed E-state index contributed by atoms with van der Waals surface area (Å²) in [6.07, 6.45) is -0.934. The number of nitrogens with one attached hydrogen (secondary N) is 1. The van der Waals surface area contributed by atoms with Crippen molar-refractivity contribution in [2.45, 2.75) is 6.92 Å². The molecule has 0 spiro atoms. The summed E-state index contributed by atoms with van der Waals surface area (Å²) < 4.78 is 4.13. The molecule has 0 aromatic heterocycles. The molecule has 0 radical (unpaired) electrons. The number of imide groups is 1. The van der Waals surface area contributed by atoms with Crippen LogP contribution in [0.25, 0.3) is 5.41 Å². The molecule has 0 aliphatic rings. The van der Waals surface area contributed by atoms with Crippen LogP contribution in [0, 0.1) is 0 Å². The number of ether oxygens (including phenoxy) is 1. The van der Waals surface area contributed by atoms with Crippen LogP contribution >= 0.6 is 12.2 Å². The van der Waals surface area contributed by atoms with Gasteiger partial charge in [0, 0.05) is 5.57 Å². The number of rotatable bonds is 3. The van der Waals surface area contributed by atoms with Crippen LogP contribution in [-0.2, 0) is 22.2 Å². The summed E-state index contributed by atoms with van der Waals surface area (Å²) in [6.45, 7) is 1.70. The molecule has 0 heterocycles. The molecule has 0 aromatic carbocycles. The number of carbonyl (C=O) groups is 2. The Hall–Kier alpha value is 1.97. The fourth-order valence-corrected chi connectivity index (χ4v) is 0.788. The number of thiocarbonyl (C=S) groups is 1. The molecule has 0 aromatic rings. The van der Waals surface area contributed by atoms with Crippen LogP contribution in [-0.4, -0.2) is 28.7 Å². The fourth-order valence-electron chi connectivity index (χ4n) is 0.511. The van der Waals surface area contributed by atoms with Gasteiger partial charge in [0.2, 0.25) is 0 Å². The number of alkyl carbamates (subject to hydrolysis) is 1. The minimum Gasteiger partial charge on any atom is -0.763 e. The van der Waals surface area contributed by atoms with Gasteiger partial charge in [-0.2, -0.15) is 0 Å². The van der Waals surface area contributed by atoms with Crippen LogP contribution in [0.4, 0.5) is 4.79 Å². The molecule has 5 nitrogen and oxygen atoms in total. The second kappa shape index (κ2) is 13.4. The van der Waals surface area contributed by atoms with Gasteiger partial charge >= 0.3 is 109 Å². The Morgan fingerprint density at radius 1 is 1.50 bits per heavy atom. The molecule has 0 atom stereocenters. The molecule has 1 N–H and O–H groups in total. The van der Waals surface area contributed by atoms with Crippen molar-refractivity contribution in [3.63, 3.8) is 0 Å². The monoisotopic (exact) mass is 308 g/mol. The fraction of sp³-hybridized carbons (Fsp3) is 0.286. The largest absolute Gasteiger partial charge is 1.00 e. The molecule has 0 saturated carbocycles. The maximum Gasteiger partial charge on any atom is 1.00 e. The Kier molecular flexibility index (Phi) is 19.3. The van der Waals surface area contributed by atoms with Crippen molar-refractivity contribution in [3.05, 3.63) is 11.0 Å². The third kappa shape index (κ3) is 9.95. The second-order valence-electron chi connectivity index (χ2n) is 1.95. The first kappa shape index (κ1) is 23.1. The van der Waals surface area contributed by atoms with Gasteiger partial charge in [-0.15, -0.1) is 4.20 Å². The van der Waals surface area contributed by atoms with Gasteiger partial charge in [-0.1, -0.05) is 0 Å². The number of carbonyl (C=O) groups excluding carboxylic acids is 2. The first-order valence-corrected chi connectivity index (χ1v) is 4.31. The zero-order valence-electron chi connectivity index (χ0n) is 9.20. The van der Waals surface area contributed by atoms with Crippen molar-refractivity contribution in [3.8, 4) is 0 Å². The maximum absolute atomic E-state index is 11.1. The molecule has 76 valence electrons. The predicted octanol–water partition coefficient (Wildman–Crippen LogP) is -5.69. The van der Waals surface area contributed by atoms with Crippen LogP contribution in [0.5, 0.6) is 0 Å². The molecule has 0 rings (SSSR count). The van der Waals surface area contributed by atoms with E-state index in [1.165, 1.54) is 5.87 Å². The summed E-state index contributed by atoms with van der Waals surface area (Å²) in [7, 11) is 0. The topological polar surface area (TPSA) is 77.7 Å². The van der Waals surface area contributed by atoms with E-state index in [1.54, 1.807) is 12.2 Å². The maximum atomic E-state index is 11.1. The molecule has 0 aliphatic carbocycles. The van der Waals surface area contributed by atoms with E-state index >= 15 is 0 Å². The number of nitrogens with zero attached hydrogens (tertiary/aromatic N) is 1. The Labute approximate surface area is 189 Å². The Bertz CT molecular complexity index is 330. The summed E-state index contributed by atoms with van der Waals surface area (Å²) in [5.41, 5.74) is -0.442. The van der Waals surface area contributed by atoms with E-state index in [0.717, 1.165) is 0 Å². The number of amides is 2. The van der Waals surface area contributed by atoms with Gasteiger partial charge in [-0.05, 0) is 6.92 Å². The first-order chi connectivity index (χ1) is 6.52. The summed E-state index contributed by atoms with van der Waals surface area (Å²) >= 11 is 8.90. The Morgan fingerprint density at radius 3 is 2.31 bits per heavy atom. The van der Waals surface area contributed by atoms with E-state index < -0.39 is 17.6 Å². The van der Waals surface area contributed by atoms with Crippen molar-refractivity contribution >= 4 is 46.9 Å². The predicted molar refractivity (Wildman–Crippen MR) is 57.0 cm³/mol. The van der Waals surface area contributed by atoms with E-state index in [-0.39, 0.29) is 114 Å². The molecule has 0 aliphatic heterocycles. The summed E-state index contributed by atoms with van der Waals surface area (Å²) in [5, 5.41) is 10.3. The zero-order chi connectivity index (χ0) is 11.1. The molecule has 0 unspecified atom stereocenters. The Balaban J connectivity index is -0.000000845. The third-order valence-electron chi connectivity index (χ3n) is 1.03. The minimum atomic E-state index is -0.939. The van der Waals surface area contributed by atoms with Gasteiger partial charge in [0.05, 0.1) is 6.61 Å². The molecule has 9 heteroatoms. The van der Waals surface area contributed by atoms with Crippen LogP contribution < -0.4 is 108 Å². The van der Waals surface area contributed by atoms with E-state index in [0.29, 0.717) is 0 Å². The molecule has 0 fully saturated rings.